The van der Waals surface area contributed by atoms with Gasteiger partial charge in [0, 0.05) is 25.2 Å². The molecule has 1 N–H and O–H groups in total. The quantitative estimate of drug-likeness (QED) is 0.664. The Morgan fingerprint density at radius 2 is 2.27 bits per heavy atom. The Morgan fingerprint density at radius 3 is 2.73 bits per heavy atom. The van der Waals surface area contributed by atoms with E-state index < -0.39 is 0 Å². The van der Waals surface area contributed by atoms with Gasteiger partial charge < -0.3 is 5.11 Å². The first kappa shape index (κ1) is 11.0. The van der Waals surface area contributed by atoms with Crippen LogP contribution in [0.4, 0.5) is 0 Å². The molecule has 11 heavy (non-hydrogen) atoms. The van der Waals surface area contributed by atoms with Gasteiger partial charge in [0.15, 0.2) is 0 Å². The third-order valence-corrected chi connectivity index (χ3v) is 1.71. The van der Waals surface area contributed by atoms with E-state index in [1.165, 1.54) is 5.54 Å². The summed E-state index contributed by atoms with van der Waals surface area (Å²) in [5, 5.41) is 8.57. The molecule has 0 fully saturated rings. The molecule has 0 aliphatic carbocycles. The minimum absolute atomic E-state index is 0.265. The molecule has 0 heterocycles. The summed E-state index contributed by atoms with van der Waals surface area (Å²) in [7, 11) is 0. The summed E-state index contributed by atoms with van der Waals surface area (Å²) in [6, 6.07) is 0. The number of likely N-dealkylation sites (N-methyl/N-ethyl adjacent to an activating group) is 1. The molecule has 0 rings (SSSR count). The van der Waals surface area contributed by atoms with Gasteiger partial charge in [-0.1, -0.05) is 24.6 Å². The van der Waals surface area contributed by atoms with Crippen LogP contribution < -0.4 is 0 Å². The predicted octanol–water partition coefficient (Wildman–Crippen LogP) is 1.44. The maximum absolute atomic E-state index is 8.57. The fourth-order valence-corrected chi connectivity index (χ4v) is 0.941. The SMILES string of the molecule is CCN(C/C=C/Cl)CCCO. The second kappa shape index (κ2) is 8.05. The summed E-state index contributed by atoms with van der Waals surface area (Å²) in [5.41, 5.74) is 1.53. The summed E-state index contributed by atoms with van der Waals surface area (Å²) >= 11 is 5.38. The van der Waals surface area contributed by atoms with Gasteiger partial charge in [0.05, 0.1) is 0 Å². The lowest BCUT2D eigenvalue weighted by molar-refractivity contribution is 0.242. The van der Waals surface area contributed by atoms with Crippen molar-refractivity contribution in [3.8, 4) is 0 Å². The fourth-order valence-electron chi connectivity index (χ4n) is 0.862. The highest BCUT2D eigenvalue weighted by Gasteiger charge is 1.97. The van der Waals surface area contributed by atoms with E-state index >= 15 is 0 Å². The molecule has 0 saturated heterocycles. The highest BCUT2D eigenvalue weighted by molar-refractivity contribution is 6.25. The normalized spacial score (nSPS) is 11.6. The first-order valence-electron chi connectivity index (χ1n) is 3.93. The molecule has 0 aliphatic heterocycles. The average Bonchev–Trinajstić information content (AvgIpc) is 2.05. The Hall–Kier alpha value is -0.0500. The van der Waals surface area contributed by atoms with Crippen LogP contribution in [-0.4, -0.2) is 36.2 Å². The van der Waals surface area contributed by atoms with Gasteiger partial charge in [-0.15, -0.1) is 0 Å². The standard InChI is InChI=1S/C8H16ClNO/c1-2-10(6-3-5-9)7-4-8-11/h3,5,11H,2,4,6-8H2,1H3/b5-3+. The summed E-state index contributed by atoms with van der Waals surface area (Å²) < 4.78 is 0. The molecule has 0 spiro atoms. The Kier molecular flexibility index (Phi) is 8.01. The van der Waals surface area contributed by atoms with E-state index in [0.717, 1.165) is 26.1 Å². The largest absolute Gasteiger partial charge is 0.396 e. The first-order chi connectivity index (χ1) is 5.35. The van der Waals surface area contributed by atoms with E-state index in [-0.39, 0.29) is 6.61 Å². The van der Waals surface area contributed by atoms with Crippen molar-refractivity contribution in [1.29, 1.82) is 0 Å². The van der Waals surface area contributed by atoms with Crippen LogP contribution >= 0.6 is 11.6 Å². The number of rotatable bonds is 6. The molecule has 0 aromatic heterocycles. The Labute approximate surface area is 73.5 Å². The molecule has 0 aromatic rings. The van der Waals surface area contributed by atoms with Gasteiger partial charge in [-0.25, -0.2) is 0 Å². The van der Waals surface area contributed by atoms with Gasteiger partial charge >= 0.3 is 0 Å². The minimum Gasteiger partial charge on any atom is -0.396 e. The summed E-state index contributed by atoms with van der Waals surface area (Å²) in [6.07, 6.45) is 2.74. The van der Waals surface area contributed by atoms with E-state index in [2.05, 4.69) is 11.8 Å². The molecule has 0 radical (unpaired) electrons. The zero-order valence-corrected chi connectivity index (χ0v) is 7.72. The van der Waals surface area contributed by atoms with Gasteiger partial charge in [-0.3, -0.25) is 4.90 Å². The Morgan fingerprint density at radius 1 is 1.55 bits per heavy atom. The predicted molar refractivity (Wildman–Crippen MR) is 48.8 cm³/mol. The van der Waals surface area contributed by atoms with E-state index in [1.54, 1.807) is 0 Å². The highest BCUT2D eigenvalue weighted by Crippen LogP contribution is 1.91. The highest BCUT2D eigenvalue weighted by atomic mass is 35.5. The number of hydrogen-bond acceptors (Lipinski definition) is 2. The maximum Gasteiger partial charge on any atom is 0.0443 e. The van der Waals surface area contributed by atoms with Crippen LogP contribution in [0, 0.1) is 0 Å². The summed E-state index contributed by atoms with van der Waals surface area (Å²) in [5.74, 6) is 0. The second-order valence-electron chi connectivity index (χ2n) is 2.33. The zero-order chi connectivity index (χ0) is 8.53. The monoisotopic (exact) mass is 177 g/mol. The molecule has 0 atom stereocenters. The molecule has 0 aliphatic rings. The zero-order valence-electron chi connectivity index (χ0n) is 6.96. The molecular weight excluding hydrogens is 162 g/mol. The fraction of sp³-hybridized carbons (Fsp3) is 0.750. The molecule has 3 heteroatoms. The van der Waals surface area contributed by atoms with Crippen molar-refractivity contribution < 1.29 is 5.11 Å². The molecule has 0 saturated carbocycles. The van der Waals surface area contributed by atoms with Crippen molar-refractivity contribution in [2.45, 2.75) is 13.3 Å². The van der Waals surface area contributed by atoms with E-state index in [0.29, 0.717) is 0 Å². The van der Waals surface area contributed by atoms with Crippen molar-refractivity contribution in [3.63, 3.8) is 0 Å². The molecule has 0 bridgehead atoms. The molecule has 0 unspecified atom stereocenters. The van der Waals surface area contributed by atoms with Gasteiger partial charge in [0.2, 0.25) is 0 Å². The van der Waals surface area contributed by atoms with Crippen LogP contribution in [0.1, 0.15) is 13.3 Å². The smallest absolute Gasteiger partial charge is 0.0443 e. The van der Waals surface area contributed by atoms with E-state index in [9.17, 15) is 0 Å². The van der Waals surface area contributed by atoms with Crippen molar-refractivity contribution in [2.75, 3.05) is 26.2 Å². The Balaban J connectivity index is 3.40. The van der Waals surface area contributed by atoms with Crippen LogP contribution in [0.3, 0.4) is 0 Å². The lowest BCUT2D eigenvalue weighted by atomic mass is 10.4. The van der Waals surface area contributed by atoms with E-state index in [4.69, 9.17) is 16.7 Å². The van der Waals surface area contributed by atoms with Gasteiger partial charge in [-0.05, 0) is 13.0 Å². The van der Waals surface area contributed by atoms with Crippen LogP contribution in [-0.2, 0) is 0 Å². The molecule has 0 aromatic carbocycles. The number of halogens is 1. The van der Waals surface area contributed by atoms with Crippen molar-refractivity contribution in [1.82, 2.24) is 4.90 Å². The van der Waals surface area contributed by atoms with Crippen LogP contribution in [0.2, 0.25) is 0 Å². The molecular formula is C8H16ClNO. The van der Waals surface area contributed by atoms with Gasteiger partial charge in [-0.2, -0.15) is 0 Å². The molecule has 0 amide bonds. The van der Waals surface area contributed by atoms with Crippen LogP contribution in [0.5, 0.6) is 0 Å². The van der Waals surface area contributed by atoms with E-state index in [1.807, 2.05) is 6.08 Å². The number of aliphatic hydroxyl groups excluding tert-OH is 1. The third kappa shape index (κ3) is 6.35. The number of hydrogen-bond donors (Lipinski definition) is 1. The second-order valence-corrected chi connectivity index (χ2v) is 2.58. The van der Waals surface area contributed by atoms with Gasteiger partial charge in [0.1, 0.15) is 0 Å². The number of aliphatic hydroxyl groups is 1. The lowest BCUT2D eigenvalue weighted by Gasteiger charge is -2.16. The maximum atomic E-state index is 8.57. The molecule has 66 valence electrons. The third-order valence-electron chi connectivity index (χ3n) is 1.53. The Bertz CT molecular complexity index is 106. The first-order valence-corrected chi connectivity index (χ1v) is 4.37. The number of nitrogens with zero attached hydrogens (tertiary/aromatic N) is 1. The van der Waals surface area contributed by atoms with Gasteiger partial charge in [0.25, 0.3) is 0 Å². The average molecular weight is 178 g/mol. The lowest BCUT2D eigenvalue weighted by Crippen LogP contribution is -2.25. The summed E-state index contributed by atoms with van der Waals surface area (Å²) in [4.78, 5) is 2.22. The van der Waals surface area contributed by atoms with Crippen molar-refractivity contribution in [2.24, 2.45) is 0 Å². The van der Waals surface area contributed by atoms with Crippen molar-refractivity contribution >= 4 is 11.6 Å². The summed E-state index contributed by atoms with van der Waals surface area (Å²) in [6.45, 7) is 5.18. The topological polar surface area (TPSA) is 23.5 Å². The minimum atomic E-state index is 0.265. The van der Waals surface area contributed by atoms with Crippen LogP contribution in [0.25, 0.3) is 0 Å². The van der Waals surface area contributed by atoms with Crippen LogP contribution in [0.15, 0.2) is 11.6 Å². The van der Waals surface area contributed by atoms with Crippen molar-refractivity contribution in [3.05, 3.63) is 11.6 Å². The molecule has 2 nitrogen and oxygen atoms in total.